The molecule has 1 saturated heterocycles. The lowest BCUT2D eigenvalue weighted by Crippen LogP contribution is -2.28. The smallest absolute Gasteiger partial charge is 0.271 e. The average molecular weight is 554 g/mol. The quantitative estimate of drug-likeness (QED) is 0.236. The van der Waals surface area contributed by atoms with E-state index >= 15 is 0 Å². The number of aliphatic imine (C=N–C) groups is 1. The number of amidine groups is 1. The largest absolute Gasteiger partial charge is 0.504 e. The van der Waals surface area contributed by atoms with Crippen molar-refractivity contribution in [2.24, 2.45) is 4.99 Å². The van der Waals surface area contributed by atoms with Gasteiger partial charge in [-0.2, -0.15) is 0 Å². The Morgan fingerprint density at radius 3 is 2.43 bits per heavy atom. The first-order chi connectivity index (χ1) is 17.7. The Bertz CT molecular complexity index is 1450. The molecule has 0 aliphatic carbocycles. The highest BCUT2D eigenvalue weighted by molar-refractivity contribution is 8.19. The molecule has 0 saturated carbocycles. The summed E-state index contributed by atoms with van der Waals surface area (Å²) in [6, 6.07) is 14.5. The van der Waals surface area contributed by atoms with Gasteiger partial charge in [-0.1, -0.05) is 41.4 Å². The number of aryl methyl sites for hydroxylation is 2. The highest BCUT2D eigenvalue weighted by atomic mass is 35.5. The van der Waals surface area contributed by atoms with Crippen LogP contribution in [0.4, 0.5) is 11.4 Å². The van der Waals surface area contributed by atoms with Crippen molar-refractivity contribution in [1.82, 2.24) is 0 Å². The molecule has 0 aromatic heterocycles. The third-order valence-electron chi connectivity index (χ3n) is 5.74. The monoisotopic (exact) mass is 552 g/mol. The summed E-state index contributed by atoms with van der Waals surface area (Å²) in [5.74, 6) is 0.191. The number of halogens is 2. The summed E-state index contributed by atoms with van der Waals surface area (Å²) in [6.07, 6.45) is 3.94. The van der Waals surface area contributed by atoms with Crippen LogP contribution in [0, 0.1) is 13.8 Å². The second kappa shape index (κ2) is 11.5. The molecule has 0 radical (unpaired) electrons. The Morgan fingerprint density at radius 1 is 1.08 bits per heavy atom. The van der Waals surface area contributed by atoms with Gasteiger partial charge in [0.1, 0.15) is 0 Å². The summed E-state index contributed by atoms with van der Waals surface area (Å²) < 4.78 is 5.62. The number of carbonyl (C=O) groups is 1. The molecule has 4 rings (SSSR count). The summed E-state index contributed by atoms with van der Waals surface area (Å²) >= 11 is 14.0. The molecule has 5 nitrogen and oxygen atoms in total. The molecule has 0 atom stereocenters. The molecule has 1 aliphatic heterocycles. The third-order valence-corrected chi connectivity index (χ3v) is 7.52. The first kappa shape index (κ1) is 26.9. The molecule has 37 heavy (non-hydrogen) atoms. The maximum atomic E-state index is 13.7. The number of phenolic OH excluding ortho intramolecular Hbond substituents is 1. The number of ether oxygens (including phenoxy) is 1. The van der Waals surface area contributed by atoms with Gasteiger partial charge in [0.2, 0.25) is 0 Å². The van der Waals surface area contributed by atoms with E-state index in [0.717, 1.165) is 16.7 Å². The van der Waals surface area contributed by atoms with Crippen molar-refractivity contribution < 1.29 is 14.6 Å². The number of rotatable bonds is 7. The molecule has 0 bridgehead atoms. The summed E-state index contributed by atoms with van der Waals surface area (Å²) in [7, 11) is 0. The number of carbonyl (C=O) groups excluding carboxylic acids is 1. The molecule has 3 aromatic rings. The average Bonchev–Trinajstić information content (AvgIpc) is 3.15. The van der Waals surface area contributed by atoms with Gasteiger partial charge in [0.05, 0.1) is 22.9 Å². The van der Waals surface area contributed by atoms with E-state index in [4.69, 9.17) is 32.9 Å². The SMILES string of the molecule is C=CCc1cc(/C=C2/SC(=Nc3ccc(C)c(Cl)c3)N(c3ccc(C)c(Cl)c3)C2=O)cc(OCC)c1O. The first-order valence-electron chi connectivity index (χ1n) is 11.7. The van der Waals surface area contributed by atoms with Gasteiger partial charge in [-0.05, 0) is 98.1 Å². The van der Waals surface area contributed by atoms with Crippen molar-refractivity contribution in [3.8, 4) is 11.5 Å². The van der Waals surface area contributed by atoms with Crippen LogP contribution in [-0.4, -0.2) is 22.8 Å². The van der Waals surface area contributed by atoms with Crippen LogP contribution in [-0.2, 0) is 11.2 Å². The number of hydrogen-bond donors (Lipinski definition) is 1. The Balaban J connectivity index is 1.82. The summed E-state index contributed by atoms with van der Waals surface area (Å²) in [4.78, 5) is 20.5. The fourth-order valence-corrected chi connectivity index (χ4v) is 5.11. The van der Waals surface area contributed by atoms with E-state index in [1.807, 2.05) is 51.1 Å². The number of allylic oxidation sites excluding steroid dienone is 1. The normalized spacial score (nSPS) is 15.6. The zero-order chi connectivity index (χ0) is 26.7. The van der Waals surface area contributed by atoms with Gasteiger partial charge in [0.25, 0.3) is 5.91 Å². The first-order valence-corrected chi connectivity index (χ1v) is 13.2. The van der Waals surface area contributed by atoms with Crippen LogP contribution in [0.2, 0.25) is 10.0 Å². The Morgan fingerprint density at radius 2 is 1.78 bits per heavy atom. The number of anilines is 1. The predicted octanol–water partition coefficient (Wildman–Crippen LogP) is 8.25. The second-order valence-electron chi connectivity index (χ2n) is 8.47. The minimum Gasteiger partial charge on any atom is -0.504 e. The van der Waals surface area contributed by atoms with Crippen molar-refractivity contribution >= 4 is 63.5 Å². The van der Waals surface area contributed by atoms with E-state index in [9.17, 15) is 9.90 Å². The van der Waals surface area contributed by atoms with Crippen LogP contribution < -0.4 is 9.64 Å². The molecular formula is C29H26Cl2N2O3S. The zero-order valence-electron chi connectivity index (χ0n) is 20.7. The van der Waals surface area contributed by atoms with Gasteiger partial charge in [-0.15, -0.1) is 6.58 Å². The summed E-state index contributed by atoms with van der Waals surface area (Å²) in [5.41, 5.74) is 4.47. The van der Waals surface area contributed by atoms with Crippen LogP contribution in [0.25, 0.3) is 6.08 Å². The number of phenols is 1. The van der Waals surface area contributed by atoms with E-state index in [0.29, 0.717) is 55.8 Å². The standard InChI is InChI=1S/C29H26Cl2N2O3S/c1-5-7-20-12-19(13-25(27(20)34)36-6-2)14-26-28(35)33(22-11-9-18(4)24(31)16-22)29(37-26)32-21-10-8-17(3)23(30)15-21/h5,8-16,34H,1,6-7H2,2-4H3/b26-14+,32-29?. The van der Waals surface area contributed by atoms with Crippen molar-refractivity contribution in [2.75, 3.05) is 11.5 Å². The Hall–Kier alpha value is -3.19. The van der Waals surface area contributed by atoms with Crippen LogP contribution in [0.3, 0.4) is 0 Å². The van der Waals surface area contributed by atoms with Gasteiger partial charge in [-0.25, -0.2) is 4.99 Å². The lowest BCUT2D eigenvalue weighted by molar-refractivity contribution is -0.113. The number of nitrogens with zero attached hydrogens (tertiary/aromatic N) is 2. The lowest BCUT2D eigenvalue weighted by atomic mass is 10.0. The molecule has 1 fully saturated rings. The van der Waals surface area contributed by atoms with E-state index < -0.39 is 0 Å². The van der Waals surface area contributed by atoms with Gasteiger partial charge < -0.3 is 9.84 Å². The minimum atomic E-state index is -0.238. The summed E-state index contributed by atoms with van der Waals surface area (Å²) in [6.45, 7) is 9.83. The second-order valence-corrected chi connectivity index (χ2v) is 10.3. The Labute approximate surface area is 231 Å². The van der Waals surface area contributed by atoms with E-state index in [-0.39, 0.29) is 11.7 Å². The number of hydrogen-bond acceptors (Lipinski definition) is 5. The molecule has 0 spiro atoms. The number of benzene rings is 3. The fraction of sp³-hybridized carbons (Fsp3) is 0.172. The molecule has 0 unspecified atom stereocenters. The van der Waals surface area contributed by atoms with Crippen LogP contribution in [0.15, 0.2) is 71.1 Å². The summed E-state index contributed by atoms with van der Waals surface area (Å²) in [5, 5.41) is 12.2. The number of amides is 1. The topological polar surface area (TPSA) is 62.1 Å². The van der Waals surface area contributed by atoms with Gasteiger partial charge >= 0.3 is 0 Å². The third kappa shape index (κ3) is 5.87. The fourth-order valence-electron chi connectivity index (χ4n) is 3.76. The van der Waals surface area contributed by atoms with Crippen molar-refractivity contribution in [2.45, 2.75) is 27.2 Å². The molecule has 190 valence electrons. The highest BCUT2D eigenvalue weighted by Crippen LogP contribution is 2.40. The van der Waals surface area contributed by atoms with Crippen LogP contribution in [0.5, 0.6) is 11.5 Å². The van der Waals surface area contributed by atoms with Crippen LogP contribution >= 0.6 is 35.0 Å². The van der Waals surface area contributed by atoms with Gasteiger partial charge in [0.15, 0.2) is 16.7 Å². The molecule has 1 heterocycles. The zero-order valence-corrected chi connectivity index (χ0v) is 23.0. The molecule has 1 N–H and O–H groups in total. The molecule has 1 aliphatic rings. The number of thioether (sulfide) groups is 1. The molecular weight excluding hydrogens is 527 g/mol. The Kier molecular flexibility index (Phi) is 8.32. The van der Waals surface area contributed by atoms with E-state index in [1.54, 1.807) is 35.3 Å². The maximum absolute atomic E-state index is 13.7. The van der Waals surface area contributed by atoms with Crippen molar-refractivity contribution in [1.29, 1.82) is 0 Å². The van der Waals surface area contributed by atoms with Crippen molar-refractivity contribution in [3.63, 3.8) is 0 Å². The van der Waals surface area contributed by atoms with Crippen LogP contribution in [0.1, 0.15) is 29.2 Å². The molecule has 8 heteroatoms. The minimum absolute atomic E-state index is 0.0729. The lowest BCUT2D eigenvalue weighted by Gasteiger charge is -2.16. The predicted molar refractivity (Wildman–Crippen MR) is 156 cm³/mol. The van der Waals surface area contributed by atoms with E-state index in [2.05, 4.69) is 6.58 Å². The van der Waals surface area contributed by atoms with Gasteiger partial charge in [-0.3, -0.25) is 9.69 Å². The highest BCUT2D eigenvalue weighted by Gasteiger charge is 2.35. The maximum Gasteiger partial charge on any atom is 0.271 e. The number of aromatic hydroxyl groups is 1. The molecule has 1 amide bonds. The van der Waals surface area contributed by atoms with Gasteiger partial charge in [0, 0.05) is 15.6 Å². The van der Waals surface area contributed by atoms with Crippen molar-refractivity contribution in [3.05, 3.63) is 98.4 Å². The van der Waals surface area contributed by atoms with E-state index in [1.165, 1.54) is 11.8 Å². The molecule has 3 aromatic carbocycles.